The fraction of sp³-hybridized carbons (Fsp3) is 0.455. The van der Waals surface area contributed by atoms with Crippen LogP contribution in [-0.2, 0) is 19.5 Å². The van der Waals surface area contributed by atoms with Gasteiger partial charge in [0.25, 0.3) is 0 Å². The SMILES string of the molecule is COCC(CNc1ccc(S(N)(=O)=O)cc1N)OC. The maximum atomic E-state index is 11.2. The molecule has 0 spiro atoms. The molecule has 0 aliphatic heterocycles. The summed E-state index contributed by atoms with van der Waals surface area (Å²) in [5.74, 6) is 0. The second-order valence-electron chi connectivity index (χ2n) is 3.99. The summed E-state index contributed by atoms with van der Waals surface area (Å²) in [5, 5.41) is 8.08. The fourth-order valence-corrected chi connectivity index (χ4v) is 2.05. The van der Waals surface area contributed by atoms with E-state index in [9.17, 15) is 8.42 Å². The van der Waals surface area contributed by atoms with Crippen molar-refractivity contribution in [1.29, 1.82) is 0 Å². The van der Waals surface area contributed by atoms with E-state index in [4.69, 9.17) is 20.3 Å². The summed E-state index contributed by atoms with van der Waals surface area (Å²) in [6, 6.07) is 4.27. The van der Waals surface area contributed by atoms with Crippen LogP contribution in [0.15, 0.2) is 23.1 Å². The van der Waals surface area contributed by atoms with Gasteiger partial charge >= 0.3 is 0 Å². The van der Waals surface area contributed by atoms with E-state index in [2.05, 4.69) is 5.32 Å². The number of ether oxygens (including phenoxy) is 2. The zero-order valence-electron chi connectivity index (χ0n) is 10.9. The number of methoxy groups -OCH3 is 2. The van der Waals surface area contributed by atoms with Crippen molar-refractivity contribution in [1.82, 2.24) is 0 Å². The highest BCUT2D eigenvalue weighted by Crippen LogP contribution is 2.21. The van der Waals surface area contributed by atoms with Gasteiger partial charge in [-0.2, -0.15) is 0 Å². The van der Waals surface area contributed by atoms with Crippen LogP contribution in [0, 0.1) is 0 Å². The van der Waals surface area contributed by atoms with Gasteiger partial charge in [-0.25, -0.2) is 13.6 Å². The predicted octanol–water partition coefficient (Wildman–Crippen LogP) is -0.0105. The van der Waals surface area contributed by atoms with Gasteiger partial charge in [0.1, 0.15) is 0 Å². The van der Waals surface area contributed by atoms with Gasteiger partial charge in [-0.05, 0) is 18.2 Å². The second-order valence-corrected chi connectivity index (χ2v) is 5.55. The molecule has 0 radical (unpaired) electrons. The highest BCUT2D eigenvalue weighted by Gasteiger charge is 2.11. The Morgan fingerprint density at radius 3 is 2.53 bits per heavy atom. The third-order valence-electron chi connectivity index (χ3n) is 2.56. The summed E-state index contributed by atoms with van der Waals surface area (Å²) in [4.78, 5) is -0.0178. The third kappa shape index (κ3) is 4.67. The highest BCUT2D eigenvalue weighted by atomic mass is 32.2. The van der Waals surface area contributed by atoms with Crippen molar-refractivity contribution in [3.8, 4) is 0 Å². The molecule has 0 aliphatic carbocycles. The minimum atomic E-state index is -3.74. The number of sulfonamides is 1. The normalized spacial score (nSPS) is 13.2. The Hall–Kier alpha value is -1.35. The van der Waals surface area contributed by atoms with Crippen molar-refractivity contribution in [2.45, 2.75) is 11.0 Å². The van der Waals surface area contributed by atoms with Gasteiger partial charge in [0.15, 0.2) is 0 Å². The standard InChI is InChI=1S/C11H19N3O4S/c1-17-7-8(18-2)6-14-11-4-3-9(5-10(11)12)19(13,15)16/h3-5,8,14H,6-7,12H2,1-2H3,(H2,13,15,16). The molecule has 5 N–H and O–H groups in total. The number of nitrogen functional groups attached to an aromatic ring is 1. The number of benzene rings is 1. The zero-order valence-corrected chi connectivity index (χ0v) is 11.7. The maximum absolute atomic E-state index is 11.2. The van der Waals surface area contributed by atoms with Gasteiger partial charge < -0.3 is 20.5 Å². The number of anilines is 2. The van der Waals surface area contributed by atoms with Crippen LogP contribution in [0.1, 0.15) is 0 Å². The first kappa shape index (κ1) is 15.7. The quantitative estimate of drug-likeness (QED) is 0.608. The molecule has 8 heteroatoms. The monoisotopic (exact) mass is 289 g/mol. The summed E-state index contributed by atoms with van der Waals surface area (Å²) in [6.45, 7) is 0.932. The molecule has 0 aliphatic rings. The van der Waals surface area contributed by atoms with Gasteiger partial charge in [-0.15, -0.1) is 0 Å². The average Bonchev–Trinajstić information content (AvgIpc) is 2.34. The Bertz CT molecular complexity index is 519. The molecular weight excluding hydrogens is 270 g/mol. The lowest BCUT2D eigenvalue weighted by molar-refractivity contribution is 0.0366. The number of rotatable bonds is 7. The molecule has 0 saturated carbocycles. The molecule has 0 saturated heterocycles. The van der Waals surface area contributed by atoms with Crippen LogP contribution in [0.25, 0.3) is 0 Å². The van der Waals surface area contributed by atoms with Crippen molar-refractivity contribution >= 4 is 21.4 Å². The number of hydrogen-bond donors (Lipinski definition) is 3. The van der Waals surface area contributed by atoms with Crippen LogP contribution in [0.4, 0.5) is 11.4 Å². The molecule has 0 fully saturated rings. The molecular formula is C11H19N3O4S. The van der Waals surface area contributed by atoms with E-state index in [1.54, 1.807) is 20.3 Å². The van der Waals surface area contributed by atoms with Crippen molar-refractivity contribution in [2.24, 2.45) is 5.14 Å². The Labute approximate surface area is 112 Å². The van der Waals surface area contributed by atoms with Gasteiger partial charge in [-0.1, -0.05) is 0 Å². The first-order chi connectivity index (χ1) is 8.88. The van der Waals surface area contributed by atoms with Gasteiger partial charge in [0.2, 0.25) is 10.0 Å². The Balaban J connectivity index is 2.75. The van der Waals surface area contributed by atoms with Gasteiger partial charge in [0.05, 0.1) is 29.0 Å². The lowest BCUT2D eigenvalue weighted by Crippen LogP contribution is -2.26. The molecule has 0 amide bonds. The van der Waals surface area contributed by atoms with E-state index in [-0.39, 0.29) is 11.0 Å². The van der Waals surface area contributed by atoms with Crippen LogP contribution in [0.3, 0.4) is 0 Å². The number of nitrogens with two attached hydrogens (primary N) is 2. The Morgan fingerprint density at radius 2 is 2.05 bits per heavy atom. The molecule has 1 aromatic rings. The number of primary sulfonamides is 1. The lowest BCUT2D eigenvalue weighted by atomic mass is 10.2. The first-order valence-electron chi connectivity index (χ1n) is 5.56. The molecule has 7 nitrogen and oxygen atoms in total. The van der Waals surface area contributed by atoms with Crippen LogP contribution in [0.2, 0.25) is 0 Å². The lowest BCUT2D eigenvalue weighted by Gasteiger charge is -2.17. The van der Waals surface area contributed by atoms with E-state index in [1.165, 1.54) is 12.1 Å². The van der Waals surface area contributed by atoms with Crippen molar-refractivity contribution in [3.63, 3.8) is 0 Å². The number of nitrogens with one attached hydrogen (secondary N) is 1. The molecule has 1 atom stereocenters. The van der Waals surface area contributed by atoms with Gasteiger partial charge in [-0.3, -0.25) is 0 Å². The summed E-state index contributed by atoms with van der Waals surface area (Å²) >= 11 is 0. The van der Waals surface area contributed by atoms with Crippen LogP contribution in [0.5, 0.6) is 0 Å². The van der Waals surface area contributed by atoms with E-state index in [1.807, 2.05) is 0 Å². The minimum absolute atomic E-state index is 0.0178. The fourth-order valence-electron chi connectivity index (χ4n) is 1.50. The van der Waals surface area contributed by atoms with Crippen molar-refractivity contribution in [3.05, 3.63) is 18.2 Å². The summed E-state index contributed by atoms with van der Waals surface area (Å²) in [5.41, 5.74) is 6.69. The largest absolute Gasteiger partial charge is 0.397 e. The molecule has 108 valence electrons. The first-order valence-corrected chi connectivity index (χ1v) is 7.11. The van der Waals surface area contributed by atoms with Crippen LogP contribution in [-0.4, -0.2) is 41.9 Å². The molecule has 0 aromatic heterocycles. The highest BCUT2D eigenvalue weighted by molar-refractivity contribution is 7.89. The molecule has 0 heterocycles. The smallest absolute Gasteiger partial charge is 0.238 e. The number of hydrogen-bond acceptors (Lipinski definition) is 6. The topological polar surface area (TPSA) is 117 Å². The molecule has 1 unspecified atom stereocenters. The summed E-state index contributed by atoms with van der Waals surface area (Å²) < 4.78 is 32.5. The van der Waals surface area contributed by atoms with Crippen molar-refractivity contribution < 1.29 is 17.9 Å². The molecule has 1 rings (SSSR count). The average molecular weight is 289 g/mol. The predicted molar refractivity (Wildman–Crippen MR) is 73.4 cm³/mol. The van der Waals surface area contributed by atoms with E-state index in [0.29, 0.717) is 24.5 Å². The third-order valence-corrected chi connectivity index (χ3v) is 3.47. The Kier molecular flexibility index (Phi) is 5.55. The summed E-state index contributed by atoms with van der Waals surface area (Å²) in [6.07, 6.45) is -0.123. The van der Waals surface area contributed by atoms with Gasteiger partial charge in [0, 0.05) is 20.8 Å². The molecule has 19 heavy (non-hydrogen) atoms. The second kappa shape index (κ2) is 6.71. The minimum Gasteiger partial charge on any atom is -0.397 e. The van der Waals surface area contributed by atoms with Crippen LogP contribution < -0.4 is 16.2 Å². The van der Waals surface area contributed by atoms with E-state index < -0.39 is 10.0 Å². The Morgan fingerprint density at radius 1 is 1.37 bits per heavy atom. The summed E-state index contributed by atoms with van der Waals surface area (Å²) in [7, 11) is -0.572. The molecule has 0 bridgehead atoms. The zero-order chi connectivity index (χ0) is 14.5. The van der Waals surface area contributed by atoms with E-state index >= 15 is 0 Å². The van der Waals surface area contributed by atoms with E-state index in [0.717, 1.165) is 0 Å². The van der Waals surface area contributed by atoms with Crippen molar-refractivity contribution in [2.75, 3.05) is 38.4 Å². The van der Waals surface area contributed by atoms with Crippen LogP contribution >= 0.6 is 0 Å². The molecule has 1 aromatic carbocycles. The maximum Gasteiger partial charge on any atom is 0.238 e.